The van der Waals surface area contributed by atoms with Crippen molar-refractivity contribution in [1.82, 2.24) is 10.9 Å². The Morgan fingerprint density at radius 1 is 1.44 bits per heavy atom. The van der Waals surface area contributed by atoms with Crippen LogP contribution in [-0.4, -0.2) is 20.1 Å². The van der Waals surface area contributed by atoms with E-state index < -0.39 is 0 Å². The first kappa shape index (κ1) is 12.9. The molecule has 0 aromatic heterocycles. The van der Waals surface area contributed by atoms with Crippen molar-refractivity contribution < 1.29 is 9.53 Å². The number of methoxy groups -OCH3 is 1. The second kappa shape index (κ2) is 4.98. The number of rotatable bonds is 5. The van der Waals surface area contributed by atoms with Gasteiger partial charge in [-0.2, -0.15) is 0 Å². The normalized spacial score (nSPS) is 16.2. The molecule has 0 saturated heterocycles. The van der Waals surface area contributed by atoms with Crippen LogP contribution in [0.3, 0.4) is 0 Å². The van der Waals surface area contributed by atoms with Crippen LogP contribution in [0, 0.1) is 0 Å². The SMILES string of the molecule is CCc1cc(C2(C(=O)NNC)CC2)ccc1OC. The standard InChI is InChI=1S/C14H20N2O2/c1-4-10-9-11(5-6-12(10)18-3)14(7-8-14)13(17)16-15-2/h5-6,9,15H,4,7-8H2,1-3H3,(H,16,17). The monoisotopic (exact) mass is 248 g/mol. The zero-order valence-electron chi connectivity index (χ0n) is 11.2. The Morgan fingerprint density at radius 3 is 2.67 bits per heavy atom. The van der Waals surface area contributed by atoms with E-state index in [-0.39, 0.29) is 11.3 Å². The van der Waals surface area contributed by atoms with Gasteiger partial charge in [0.2, 0.25) is 5.91 Å². The van der Waals surface area contributed by atoms with Gasteiger partial charge in [0, 0.05) is 7.05 Å². The van der Waals surface area contributed by atoms with Crippen LogP contribution < -0.4 is 15.6 Å². The molecule has 0 bridgehead atoms. The van der Waals surface area contributed by atoms with Gasteiger partial charge >= 0.3 is 0 Å². The van der Waals surface area contributed by atoms with Crippen LogP contribution >= 0.6 is 0 Å². The Morgan fingerprint density at radius 2 is 2.17 bits per heavy atom. The molecular formula is C14H20N2O2. The predicted octanol–water partition coefficient (Wildman–Crippen LogP) is 1.54. The minimum atomic E-state index is -0.334. The van der Waals surface area contributed by atoms with Crippen molar-refractivity contribution in [1.29, 1.82) is 0 Å². The second-order valence-electron chi connectivity index (χ2n) is 4.67. The number of nitrogens with one attached hydrogen (secondary N) is 2. The van der Waals surface area contributed by atoms with E-state index in [1.54, 1.807) is 14.2 Å². The smallest absolute Gasteiger partial charge is 0.244 e. The van der Waals surface area contributed by atoms with Crippen molar-refractivity contribution in [3.05, 3.63) is 29.3 Å². The summed E-state index contributed by atoms with van der Waals surface area (Å²) in [5.74, 6) is 0.947. The molecule has 1 aromatic rings. The lowest BCUT2D eigenvalue weighted by atomic mass is 9.92. The Bertz CT molecular complexity index is 453. The molecule has 0 aliphatic heterocycles. The van der Waals surface area contributed by atoms with E-state index in [9.17, 15) is 4.79 Å². The van der Waals surface area contributed by atoms with Crippen LogP contribution in [0.4, 0.5) is 0 Å². The van der Waals surface area contributed by atoms with Crippen LogP contribution in [0.2, 0.25) is 0 Å². The molecule has 18 heavy (non-hydrogen) atoms. The Balaban J connectivity index is 2.31. The summed E-state index contributed by atoms with van der Waals surface area (Å²) in [6.45, 7) is 2.09. The van der Waals surface area contributed by atoms with Gasteiger partial charge < -0.3 is 4.74 Å². The lowest BCUT2D eigenvalue weighted by Gasteiger charge is -2.17. The summed E-state index contributed by atoms with van der Waals surface area (Å²) in [6, 6.07) is 6.06. The maximum Gasteiger partial charge on any atom is 0.244 e. The highest BCUT2D eigenvalue weighted by Crippen LogP contribution is 2.49. The molecule has 1 fully saturated rings. The topological polar surface area (TPSA) is 50.4 Å². The van der Waals surface area contributed by atoms with Gasteiger partial charge in [0.15, 0.2) is 0 Å². The summed E-state index contributed by atoms with van der Waals surface area (Å²) in [7, 11) is 3.38. The third kappa shape index (κ3) is 2.08. The fraction of sp³-hybridized carbons (Fsp3) is 0.500. The fourth-order valence-electron chi connectivity index (χ4n) is 2.36. The molecule has 2 rings (SSSR count). The molecule has 0 heterocycles. The average molecular weight is 248 g/mol. The first-order valence-electron chi connectivity index (χ1n) is 6.32. The molecule has 98 valence electrons. The Kier molecular flexibility index (Phi) is 3.57. The van der Waals surface area contributed by atoms with Crippen molar-refractivity contribution in [2.45, 2.75) is 31.6 Å². The van der Waals surface area contributed by atoms with Crippen molar-refractivity contribution in [2.24, 2.45) is 0 Å². The zero-order valence-corrected chi connectivity index (χ0v) is 11.2. The molecule has 1 aliphatic rings. The first-order chi connectivity index (χ1) is 8.67. The van der Waals surface area contributed by atoms with E-state index >= 15 is 0 Å². The maximum atomic E-state index is 12.1. The number of carbonyl (C=O) groups is 1. The number of hydrogen-bond acceptors (Lipinski definition) is 3. The summed E-state index contributed by atoms with van der Waals surface area (Å²) in [5, 5.41) is 0. The number of aryl methyl sites for hydroxylation is 1. The molecule has 1 saturated carbocycles. The number of hydrogen-bond donors (Lipinski definition) is 2. The van der Waals surface area contributed by atoms with Gasteiger partial charge in [0.1, 0.15) is 5.75 Å². The van der Waals surface area contributed by atoms with E-state index in [0.717, 1.165) is 36.1 Å². The second-order valence-corrected chi connectivity index (χ2v) is 4.67. The van der Waals surface area contributed by atoms with Crippen molar-refractivity contribution in [2.75, 3.05) is 14.2 Å². The van der Waals surface area contributed by atoms with E-state index in [1.807, 2.05) is 12.1 Å². The zero-order chi connectivity index (χ0) is 13.2. The third-order valence-electron chi connectivity index (χ3n) is 3.64. The van der Waals surface area contributed by atoms with Crippen LogP contribution in [0.1, 0.15) is 30.9 Å². The summed E-state index contributed by atoms with van der Waals surface area (Å²) in [4.78, 5) is 12.1. The van der Waals surface area contributed by atoms with Crippen molar-refractivity contribution in [3.8, 4) is 5.75 Å². The lowest BCUT2D eigenvalue weighted by molar-refractivity contribution is -0.124. The van der Waals surface area contributed by atoms with Gasteiger partial charge in [-0.1, -0.05) is 19.1 Å². The number of hydrazine groups is 1. The molecule has 0 unspecified atom stereocenters. The molecular weight excluding hydrogens is 228 g/mol. The number of benzene rings is 1. The highest BCUT2D eigenvalue weighted by atomic mass is 16.5. The van der Waals surface area contributed by atoms with Gasteiger partial charge in [0.05, 0.1) is 12.5 Å². The van der Waals surface area contributed by atoms with Crippen LogP contribution in [0.15, 0.2) is 18.2 Å². The van der Waals surface area contributed by atoms with Crippen LogP contribution in [0.25, 0.3) is 0 Å². The van der Waals surface area contributed by atoms with E-state index in [1.165, 1.54) is 0 Å². The summed E-state index contributed by atoms with van der Waals surface area (Å²) in [5.41, 5.74) is 7.31. The molecule has 2 N–H and O–H groups in total. The molecule has 1 aliphatic carbocycles. The third-order valence-corrected chi connectivity index (χ3v) is 3.64. The fourth-order valence-corrected chi connectivity index (χ4v) is 2.36. The largest absolute Gasteiger partial charge is 0.496 e. The van der Waals surface area contributed by atoms with Gasteiger partial charge in [0.25, 0.3) is 0 Å². The van der Waals surface area contributed by atoms with Crippen molar-refractivity contribution in [3.63, 3.8) is 0 Å². The van der Waals surface area contributed by atoms with E-state index in [2.05, 4.69) is 23.8 Å². The first-order valence-corrected chi connectivity index (χ1v) is 6.32. The average Bonchev–Trinajstić information content (AvgIpc) is 3.19. The van der Waals surface area contributed by atoms with Crippen molar-refractivity contribution >= 4 is 5.91 Å². The molecule has 0 radical (unpaired) electrons. The van der Waals surface area contributed by atoms with E-state index in [0.29, 0.717) is 0 Å². The number of carbonyl (C=O) groups excluding carboxylic acids is 1. The summed E-state index contributed by atoms with van der Waals surface area (Å²) >= 11 is 0. The highest BCUT2D eigenvalue weighted by Gasteiger charge is 2.51. The van der Waals surface area contributed by atoms with E-state index in [4.69, 9.17) is 4.74 Å². The van der Waals surface area contributed by atoms with Gasteiger partial charge in [-0.05, 0) is 36.5 Å². The quantitative estimate of drug-likeness (QED) is 0.777. The highest BCUT2D eigenvalue weighted by molar-refractivity contribution is 5.91. The number of amides is 1. The molecule has 0 atom stereocenters. The van der Waals surface area contributed by atoms with Gasteiger partial charge in [-0.15, -0.1) is 0 Å². The number of ether oxygens (including phenoxy) is 1. The predicted molar refractivity (Wildman–Crippen MR) is 70.5 cm³/mol. The summed E-state index contributed by atoms with van der Waals surface area (Å²) in [6.07, 6.45) is 2.73. The van der Waals surface area contributed by atoms with Crippen LogP contribution in [-0.2, 0) is 16.6 Å². The van der Waals surface area contributed by atoms with Gasteiger partial charge in [-0.3, -0.25) is 10.2 Å². The minimum Gasteiger partial charge on any atom is -0.496 e. The minimum absolute atomic E-state index is 0.0530. The molecule has 0 spiro atoms. The Hall–Kier alpha value is -1.55. The van der Waals surface area contributed by atoms with Gasteiger partial charge in [-0.25, -0.2) is 5.43 Å². The summed E-state index contributed by atoms with van der Waals surface area (Å²) < 4.78 is 5.32. The van der Waals surface area contributed by atoms with Crippen LogP contribution in [0.5, 0.6) is 5.75 Å². The lowest BCUT2D eigenvalue weighted by Crippen LogP contribution is -2.41. The maximum absolute atomic E-state index is 12.1. The Labute approximate surface area is 108 Å². The molecule has 4 nitrogen and oxygen atoms in total. The molecule has 1 amide bonds. The molecule has 1 aromatic carbocycles. The molecule has 4 heteroatoms.